The van der Waals surface area contributed by atoms with Gasteiger partial charge in [-0.2, -0.15) is 0 Å². The smallest absolute Gasteiger partial charge is 0.206 e. The Balaban J connectivity index is 1.76. The van der Waals surface area contributed by atoms with Gasteiger partial charge in [0.1, 0.15) is 5.58 Å². The number of thioether (sulfide) groups is 1. The van der Waals surface area contributed by atoms with E-state index in [0.29, 0.717) is 5.76 Å². The van der Waals surface area contributed by atoms with Crippen LogP contribution in [0, 0.1) is 6.92 Å². The van der Waals surface area contributed by atoms with Crippen molar-refractivity contribution in [2.75, 3.05) is 5.75 Å². The van der Waals surface area contributed by atoms with Crippen molar-refractivity contribution >= 4 is 28.5 Å². The fourth-order valence-electron chi connectivity index (χ4n) is 2.88. The van der Waals surface area contributed by atoms with Crippen molar-refractivity contribution in [3.63, 3.8) is 0 Å². The van der Waals surface area contributed by atoms with Crippen molar-refractivity contribution in [2.24, 2.45) is 0 Å². The zero-order chi connectivity index (χ0) is 14.4. The molecule has 1 aliphatic heterocycles. The molecule has 0 fully saturated rings. The molecule has 0 N–H and O–H groups in total. The number of aryl methyl sites for hydroxylation is 1. The van der Waals surface area contributed by atoms with Crippen molar-refractivity contribution in [2.45, 2.75) is 17.7 Å². The number of ketones is 1. The van der Waals surface area contributed by atoms with Crippen LogP contribution in [0.1, 0.15) is 27.6 Å². The van der Waals surface area contributed by atoms with Crippen molar-refractivity contribution in [3.05, 3.63) is 65.4 Å². The molecule has 3 heteroatoms. The molecule has 3 aromatic rings. The Hall–Kier alpha value is -2.00. The van der Waals surface area contributed by atoms with E-state index in [1.807, 2.05) is 49.4 Å². The Labute approximate surface area is 127 Å². The number of rotatable bonds is 2. The highest BCUT2D eigenvalue weighted by molar-refractivity contribution is 7.99. The number of hydrogen-bond donors (Lipinski definition) is 0. The van der Waals surface area contributed by atoms with Crippen LogP contribution in [0.4, 0.5) is 0 Å². The highest BCUT2D eigenvalue weighted by Gasteiger charge is 2.31. The van der Waals surface area contributed by atoms with Gasteiger partial charge < -0.3 is 4.42 Å². The molecule has 21 heavy (non-hydrogen) atoms. The van der Waals surface area contributed by atoms with Gasteiger partial charge in [0.2, 0.25) is 5.78 Å². The lowest BCUT2D eigenvalue weighted by Crippen LogP contribution is -2.11. The quantitative estimate of drug-likeness (QED) is 0.635. The van der Waals surface area contributed by atoms with E-state index < -0.39 is 0 Å². The first kappa shape index (κ1) is 12.7. The summed E-state index contributed by atoms with van der Waals surface area (Å²) in [5.74, 6) is 1.27. The maximum Gasteiger partial charge on any atom is 0.206 e. The third-order valence-electron chi connectivity index (χ3n) is 4.00. The molecule has 0 spiro atoms. The average molecular weight is 294 g/mol. The third kappa shape index (κ3) is 2.00. The molecular weight excluding hydrogens is 280 g/mol. The predicted octanol–water partition coefficient (Wildman–Crippen LogP) is 4.81. The van der Waals surface area contributed by atoms with Crippen molar-refractivity contribution in [1.29, 1.82) is 0 Å². The summed E-state index contributed by atoms with van der Waals surface area (Å²) < 4.78 is 5.83. The van der Waals surface area contributed by atoms with Crippen molar-refractivity contribution in [1.82, 2.24) is 0 Å². The fourth-order valence-corrected chi connectivity index (χ4v) is 4.11. The Morgan fingerprint density at radius 3 is 2.90 bits per heavy atom. The summed E-state index contributed by atoms with van der Waals surface area (Å²) in [5, 5.41) is 0.997. The summed E-state index contributed by atoms with van der Waals surface area (Å²) in [6.45, 7) is 2.00. The number of fused-ring (bicyclic) bond motifs is 2. The van der Waals surface area contributed by atoms with E-state index in [4.69, 9.17) is 4.42 Å². The summed E-state index contributed by atoms with van der Waals surface area (Å²) in [7, 11) is 0. The highest BCUT2D eigenvalue weighted by atomic mass is 32.2. The molecule has 1 unspecified atom stereocenters. The Morgan fingerprint density at radius 1 is 1.19 bits per heavy atom. The highest BCUT2D eigenvalue weighted by Crippen LogP contribution is 2.41. The molecule has 0 saturated carbocycles. The monoisotopic (exact) mass is 294 g/mol. The van der Waals surface area contributed by atoms with Gasteiger partial charge in [0, 0.05) is 16.0 Å². The first-order chi connectivity index (χ1) is 10.2. The lowest BCUT2D eigenvalue weighted by Gasteiger charge is -2.06. The number of furan rings is 1. The van der Waals surface area contributed by atoms with Gasteiger partial charge in [-0.15, -0.1) is 11.8 Å². The minimum atomic E-state index is -0.0907. The molecule has 2 aromatic carbocycles. The van der Waals surface area contributed by atoms with Gasteiger partial charge in [-0.1, -0.05) is 36.4 Å². The van der Waals surface area contributed by atoms with Crippen molar-refractivity contribution < 1.29 is 9.21 Å². The number of Topliss-reactive ketones (excluding diaryl/α,β-unsaturated/α-hetero) is 1. The van der Waals surface area contributed by atoms with Gasteiger partial charge in [0.05, 0.1) is 5.92 Å². The zero-order valence-corrected chi connectivity index (χ0v) is 12.4. The van der Waals surface area contributed by atoms with Crippen LogP contribution in [-0.2, 0) is 0 Å². The molecule has 0 bridgehead atoms. The van der Waals surface area contributed by atoms with Crippen LogP contribution in [0.3, 0.4) is 0 Å². The second-order valence-electron chi connectivity index (χ2n) is 5.37. The Morgan fingerprint density at radius 2 is 2.05 bits per heavy atom. The van der Waals surface area contributed by atoms with Gasteiger partial charge in [0.25, 0.3) is 0 Å². The normalized spacial score (nSPS) is 17.1. The molecule has 0 saturated heterocycles. The van der Waals surface area contributed by atoms with E-state index in [0.717, 1.165) is 27.8 Å². The zero-order valence-electron chi connectivity index (χ0n) is 11.6. The predicted molar refractivity (Wildman–Crippen MR) is 85.2 cm³/mol. The number of benzene rings is 2. The van der Waals surface area contributed by atoms with Crippen LogP contribution in [-0.4, -0.2) is 11.5 Å². The topological polar surface area (TPSA) is 30.2 Å². The van der Waals surface area contributed by atoms with Crippen LogP contribution >= 0.6 is 11.8 Å². The average Bonchev–Trinajstić information content (AvgIpc) is 3.11. The SMILES string of the molecule is Cc1cccc2cc(C(=O)C3CSc4ccccc43)oc12. The lowest BCUT2D eigenvalue weighted by atomic mass is 9.95. The number of hydrogen-bond acceptors (Lipinski definition) is 3. The first-order valence-corrected chi connectivity index (χ1v) is 7.98. The van der Waals surface area contributed by atoms with Crippen LogP contribution in [0.2, 0.25) is 0 Å². The van der Waals surface area contributed by atoms with Crippen LogP contribution in [0.15, 0.2) is 57.8 Å². The minimum Gasteiger partial charge on any atom is -0.453 e. The van der Waals surface area contributed by atoms with Gasteiger partial charge in [-0.3, -0.25) is 4.79 Å². The molecular formula is C18H14O2S. The largest absolute Gasteiger partial charge is 0.453 e. The minimum absolute atomic E-state index is 0.0862. The number of para-hydroxylation sites is 1. The van der Waals surface area contributed by atoms with E-state index in [1.54, 1.807) is 11.8 Å². The van der Waals surface area contributed by atoms with Gasteiger partial charge in [-0.25, -0.2) is 0 Å². The van der Waals surface area contributed by atoms with Gasteiger partial charge in [-0.05, 0) is 30.2 Å². The van der Waals surface area contributed by atoms with Crippen LogP contribution in [0.25, 0.3) is 11.0 Å². The van der Waals surface area contributed by atoms with E-state index in [-0.39, 0.29) is 11.7 Å². The molecule has 0 amide bonds. The first-order valence-electron chi connectivity index (χ1n) is 6.99. The van der Waals surface area contributed by atoms with Gasteiger partial charge >= 0.3 is 0 Å². The molecule has 1 aromatic heterocycles. The Kier molecular flexibility index (Phi) is 2.89. The molecule has 2 nitrogen and oxygen atoms in total. The van der Waals surface area contributed by atoms with Crippen LogP contribution < -0.4 is 0 Å². The van der Waals surface area contributed by atoms with E-state index in [9.17, 15) is 4.79 Å². The molecule has 1 aliphatic rings. The summed E-state index contributed by atoms with van der Waals surface area (Å²) in [4.78, 5) is 14.0. The van der Waals surface area contributed by atoms with Crippen molar-refractivity contribution in [3.8, 4) is 0 Å². The number of carbonyl (C=O) groups is 1. The molecule has 0 radical (unpaired) electrons. The van der Waals surface area contributed by atoms with E-state index in [2.05, 4.69) is 6.07 Å². The summed E-state index contributed by atoms with van der Waals surface area (Å²) in [6, 6.07) is 16.0. The molecule has 2 heterocycles. The van der Waals surface area contributed by atoms with E-state index >= 15 is 0 Å². The second kappa shape index (κ2) is 4.78. The summed E-state index contributed by atoms with van der Waals surface area (Å²) >= 11 is 1.75. The van der Waals surface area contributed by atoms with Gasteiger partial charge in [0.15, 0.2) is 5.76 Å². The lowest BCUT2D eigenvalue weighted by molar-refractivity contribution is 0.0943. The molecule has 0 aliphatic carbocycles. The molecule has 4 rings (SSSR count). The summed E-state index contributed by atoms with van der Waals surface area (Å²) in [6.07, 6.45) is 0. The fraction of sp³-hybridized carbons (Fsp3) is 0.167. The maximum absolute atomic E-state index is 12.8. The third-order valence-corrected chi connectivity index (χ3v) is 5.18. The molecule has 104 valence electrons. The standard InChI is InChI=1S/C18H14O2S/c1-11-5-4-6-12-9-15(20-18(11)12)17(19)14-10-21-16-8-3-2-7-13(14)16/h2-9,14H,10H2,1H3. The summed E-state index contributed by atoms with van der Waals surface area (Å²) in [5.41, 5.74) is 3.01. The van der Waals surface area contributed by atoms with Crippen LogP contribution in [0.5, 0.6) is 0 Å². The molecule has 1 atom stereocenters. The number of carbonyl (C=O) groups excluding carboxylic acids is 1. The van der Waals surface area contributed by atoms with E-state index in [1.165, 1.54) is 4.90 Å². The Bertz CT molecular complexity index is 847. The second-order valence-corrected chi connectivity index (χ2v) is 6.43. The maximum atomic E-state index is 12.8.